The topological polar surface area (TPSA) is 121 Å². The van der Waals surface area contributed by atoms with Crippen LogP contribution in [-0.4, -0.2) is 41.6 Å². The van der Waals surface area contributed by atoms with E-state index in [0.717, 1.165) is 29.4 Å². The van der Waals surface area contributed by atoms with Crippen LogP contribution in [0, 0.1) is 28.4 Å². The van der Waals surface area contributed by atoms with Crippen molar-refractivity contribution in [3.63, 3.8) is 0 Å². The fraction of sp³-hybridized carbons (Fsp3) is 0.324. The molecule has 2 atom stereocenters. The van der Waals surface area contributed by atoms with Gasteiger partial charge in [0.25, 0.3) is 0 Å². The largest absolute Gasteiger partial charge is 0.481 e. The first-order valence-corrected chi connectivity index (χ1v) is 17.4. The number of hydrogen-bond donors (Lipinski definition) is 2. The fourth-order valence-electron chi connectivity index (χ4n) is 6.51. The zero-order chi connectivity index (χ0) is 34.0. The van der Waals surface area contributed by atoms with Gasteiger partial charge in [0.15, 0.2) is 11.6 Å². The van der Waals surface area contributed by atoms with Gasteiger partial charge in [0.1, 0.15) is 23.3 Å². The smallest absolute Gasteiger partial charge is 0.303 e. The lowest BCUT2D eigenvalue weighted by molar-refractivity contribution is -0.136. The molecule has 11 heteroatoms. The molecule has 0 spiro atoms. The highest BCUT2D eigenvalue weighted by Crippen LogP contribution is 2.38. The molecule has 8 nitrogen and oxygen atoms in total. The van der Waals surface area contributed by atoms with Crippen LogP contribution < -0.4 is 4.74 Å². The summed E-state index contributed by atoms with van der Waals surface area (Å²) in [7, 11) is -1.21. The van der Waals surface area contributed by atoms with E-state index in [4.69, 9.17) is 9.84 Å². The molecular weight excluding hydrogens is 634 g/mol. The number of nitriles is 1. The third-order valence-electron chi connectivity index (χ3n) is 8.88. The highest BCUT2D eigenvalue weighted by atomic mass is 32.2. The maximum Gasteiger partial charge on any atom is 0.303 e. The lowest BCUT2D eigenvalue weighted by atomic mass is 9.87. The summed E-state index contributed by atoms with van der Waals surface area (Å²) in [6.45, 7) is 4.17. The average Bonchev–Trinajstić information content (AvgIpc) is 3.69. The number of nitrogens with zero attached hydrogens (tertiary/aromatic N) is 3. The number of carboxylic acid groups (broad SMARTS) is 1. The van der Waals surface area contributed by atoms with E-state index in [-0.39, 0.29) is 46.2 Å². The Morgan fingerprint density at radius 1 is 1.19 bits per heavy atom. The molecule has 0 aliphatic carbocycles. The Hall–Kier alpha value is -4.82. The van der Waals surface area contributed by atoms with Gasteiger partial charge in [0, 0.05) is 69.2 Å². The first kappa shape index (κ1) is 33.1. The molecular formula is C37H36F2N4O4S. The summed E-state index contributed by atoms with van der Waals surface area (Å²) in [5.41, 5.74) is 2.95. The van der Waals surface area contributed by atoms with E-state index in [9.17, 15) is 19.4 Å². The van der Waals surface area contributed by atoms with Crippen molar-refractivity contribution in [1.29, 1.82) is 5.26 Å². The maximum atomic E-state index is 15.6. The third kappa shape index (κ3) is 7.19. The van der Waals surface area contributed by atoms with E-state index >= 15 is 8.78 Å². The average molecular weight is 671 g/mol. The zero-order valence-electron chi connectivity index (χ0n) is 26.8. The number of aliphatic carboxylic acids is 1. The highest BCUT2D eigenvalue weighted by Gasteiger charge is 2.26. The molecule has 0 saturated heterocycles. The van der Waals surface area contributed by atoms with Crippen LogP contribution in [0.4, 0.5) is 8.78 Å². The van der Waals surface area contributed by atoms with Crippen LogP contribution in [0.15, 0.2) is 67.0 Å². The molecule has 248 valence electrons. The number of rotatable bonds is 4. The predicted octanol–water partition coefficient (Wildman–Crippen LogP) is 8.08. The summed E-state index contributed by atoms with van der Waals surface area (Å²) in [5.74, 6) is -1.22. The molecule has 5 aromatic rings. The van der Waals surface area contributed by atoms with Gasteiger partial charge in [-0.05, 0) is 66.5 Å². The number of aromatic amines is 1. The molecule has 2 unspecified atom stereocenters. The van der Waals surface area contributed by atoms with Crippen LogP contribution in [0.25, 0.3) is 22.2 Å². The van der Waals surface area contributed by atoms with Gasteiger partial charge in [-0.15, -0.1) is 0 Å². The summed E-state index contributed by atoms with van der Waals surface area (Å²) in [4.78, 5) is 14.3. The molecule has 4 bridgehead atoms. The number of hydrogen-bond acceptors (Lipinski definition) is 5. The Morgan fingerprint density at radius 2 is 2.02 bits per heavy atom. The molecule has 0 amide bonds. The Morgan fingerprint density at radius 3 is 2.81 bits per heavy atom. The SMILES string of the molecule is CC1(C)CCCC(c2cccc(CCC(=O)O)c2)n2cc(C#N)c(n2)-c2cc(ccc2F)Oc2c(F)cc3[nH]ccc3c2CCS(=O)C1. The number of halogens is 2. The Labute approximate surface area is 279 Å². The van der Waals surface area contributed by atoms with Crippen molar-refractivity contribution in [2.45, 2.75) is 58.4 Å². The lowest BCUT2D eigenvalue weighted by Crippen LogP contribution is -2.23. The number of ether oxygens (including phenoxy) is 1. The second kappa shape index (κ2) is 13.7. The van der Waals surface area contributed by atoms with E-state index in [1.165, 1.54) is 24.3 Å². The van der Waals surface area contributed by atoms with Crippen molar-refractivity contribution < 1.29 is 27.6 Å². The second-order valence-electron chi connectivity index (χ2n) is 13.1. The molecule has 3 aromatic carbocycles. The summed E-state index contributed by atoms with van der Waals surface area (Å²) in [5, 5.41) is 24.9. The molecule has 1 aliphatic rings. The van der Waals surface area contributed by atoms with Crippen LogP contribution in [0.2, 0.25) is 0 Å². The second-order valence-corrected chi connectivity index (χ2v) is 14.7. The van der Waals surface area contributed by atoms with Gasteiger partial charge in [0.05, 0.1) is 11.6 Å². The normalized spacial score (nSPS) is 18.2. The fourth-order valence-corrected chi connectivity index (χ4v) is 8.10. The first-order valence-electron chi connectivity index (χ1n) is 15.9. The van der Waals surface area contributed by atoms with E-state index in [1.54, 1.807) is 17.1 Å². The van der Waals surface area contributed by atoms with Gasteiger partial charge in [-0.2, -0.15) is 10.4 Å². The molecule has 0 radical (unpaired) electrons. The van der Waals surface area contributed by atoms with E-state index in [1.807, 2.05) is 30.3 Å². The number of carboxylic acids is 1. The number of nitrogens with one attached hydrogen (secondary N) is 1. The minimum absolute atomic E-state index is 0.00786. The molecule has 48 heavy (non-hydrogen) atoms. The van der Waals surface area contributed by atoms with Crippen molar-refractivity contribution in [1.82, 2.24) is 14.8 Å². The zero-order valence-corrected chi connectivity index (χ0v) is 27.6. The number of aromatic nitrogens is 3. The maximum absolute atomic E-state index is 15.6. The standard InChI is InChI=1S/C37H36F2N4O4S/c1-37(2)14-4-7-33(24-6-3-5-23(17-24)8-11-34(44)45)43-21-25(20-40)35(42-43)29-18-26(9-10-30(29)38)47-36-28(13-16-48(46)22-37)27-12-15-41-32(27)19-31(36)39/h3,5-6,9-10,12,15,17-19,21,33,41H,4,7-8,11,13-14,16,22H2,1-2H3,(H,44,45). The summed E-state index contributed by atoms with van der Waals surface area (Å²) < 4.78 is 52.4. The molecule has 6 rings (SSSR count). The van der Waals surface area contributed by atoms with Crippen LogP contribution in [0.3, 0.4) is 0 Å². The van der Waals surface area contributed by atoms with Crippen LogP contribution in [0.5, 0.6) is 11.5 Å². The number of benzene rings is 3. The van der Waals surface area contributed by atoms with Gasteiger partial charge in [-0.1, -0.05) is 44.5 Å². The molecule has 2 aromatic heterocycles. The predicted molar refractivity (Wildman–Crippen MR) is 180 cm³/mol. The number of H-pyrrole nitrogens is 1. The summed E-state index contributed by atoms with van der Waals surface area (Å²) >= 11 is 0. The van der Waals surface area contributed by atoms with Crippen molar-refractivity contribution in [2.24, 2.45) is 5.41 Å². The lowest BCUT2D eigenvalue weighted by Gasteiger charge is -2.26. The van der Waals surface area contributed by atoms with Crippen LogP contribution >= 0.6 is 0 Å². The molecule has 1 aliphatic heterocycles. The highest BCUT2D eigenvalue weighted by molar-refractivity contribution is 7.85. The monoisotopic (exact) mass is 670 g/mol. The molecule has 3 heterocycles. The number of carbonyl (C=O) groups is 1. The quantitative estimate of drug-likeness (QED) is 0.199. The van der Waals surface area contributed by atoms with Gasteiger partial charge in [-0.3, -0.25) is 13.7 Å². The van der Waals surface area contributed by atoms with Gasteiger partial charge in [0.2, 0.25) is 0 Å². The minimum atomic E-state index is -1.21. The number of fused-ring (bicyclic) bond motifs is 8. The van der Waals surface area contributed by atoms with Crippen molar-refractivity contribution in [3.05, 3.63) is 101 Å². The van der Waals surface area contributed by atoms with Gasteiger partial charge >= 0.3 is 5.97 Å². The van der Waals surface area contributed by atoms with E-state index < -0.39 is 28.4 Å². The van der Waals surface area contributed by atoms with Crippen LogP contribution in [0.1, 0.15) is 67.8 Å². The third-order valence-corrected chi connectivity index (χ3v) is 10.6. The van der Waals surface area contributed by atoms with Gasteiger partial charge < -0.3 is 14.8 Å². The van der Waals surface area contributed by atoms with Crippen molar-refractivity contribution in [3.8, 4) is 28.8 Å². The van der Waals surface area contributed by atoms with E-state index in [0.29, 0.717) is 41.8 Å². The summed E-state index contributed by atoms with van der Waals surface area (Å²) in [6.07, 6.45) is 6.08. The minimum Gasteiger partial charge on any atom is -0.481 e. The number of aryl methyl sites for hydroxylation is 2. The van der Waals surface area contributed by atoms with Crippen molar-refractivity contribution in [2.75, 3.05) is 11.5 Å². The van der Waals surface area contributed by atoms with Crippen LogP contribution in [-0.2, 0) is 28.4 Å². The Balaban J connectivity index is 1.47. The van der Waals surface area contributed by atoms with E-state index in [2.05, 4.69) is 24.9 Å². The Kier molecular flexibility index (Phi) is 9.47. The van der Waals surface area contributed by atoms with Crippen molar-refractivity contribution >= 4 is 27.7 Å². The molecule has 0 saturated carbocycles. The van der Waals surface area contributed by atoms with Gasteiger partial charge in [-0.25, -0.2) is 8.78 Å². The first-order chi connectivity index (χ1) is 23.0. The summed E-state index contributed by atoms with van der Waals surface area (Å²) in [6, 6.07) is 16.7. The molecule has 2 N–H and O–H groups in total. The molecule has 0 fully saturated rings. The Bertz CT molecular complexity index is 2060.